The Morgan fingerprint density at radius 1 is 1.28 bits per heavy atom. The highest BCUT2D eigenvalue weighted by Gasteiger charge is 2.56. The number of allylic oxidation sites excluding steroid dienone is 3. The number of methoxy groups -OCH3 is 2. The topological polar surface area (TPSA) is 156 Å². The number of hydrogen-bond acceptors (Lipinski definition) is 10. The zero-order chi connectivity index (χ0) is 33.9. The number of carbonyl (C=O) groups is 4. The van der Waals surface area contributed by atoms with Crippen LogP contribution in [0.1, 0.15) is 39.2 Å². The van der Waals surface area contributed by atoms with Crippen LogP contribution in [0.5, 0.6) is 5.75 Å². The molecule has 0 aliphatic carbocycles. The zero-order valence-corrected chi connectivity index (χ0v) is 27.8. The summed E-state index contributed by atoms with van der Waals surface area (Å²) in [5.74, 6) is -1.25. The van der Waals surface area contributed by atoms with Crippen molar-refractivity contribution in [2.75, 3.05) is 33.2 Å². The molecule has 1 aromatic carbocycles. The van der Waals surface area contributed by atoms with E-state index >= 15 is 0 Å². The number of hydrogen-bond donors (Lipinski definition) is 2. The molecule has 1 aromatic rings. The predicted octanol–water partition coefficient (Wildman–Crippen LogP) is 2.75. The number of fused-ring (bicyclic) bond motifs is 5. The van der Waals surface area contributed by atoms with Crippen LogP contribution in [0, 0.1) is 5.92 Å². The van der Waals surface area contributed by atoms with Gasteiger partial charge in [0.25, 0.3) is 0 Å². The van der Waals surface area contributed by atoms with E-state index in [-0.39, 0.29) is 17.9 Å². The molecule has 8 atom stereocenters. The minimum atomic E-state index is -1.80. The maximum atomic E-state index is 13.8. The third-order valence-corrected chi connectivity index (χ3v) is 9.17. The van der Waals surface area contributed by atoms with Gasteiger partial charge in [0.2, 0.25) is 12.3 Å². The normalized spacial score (nSPS) is 32.5. The molecule has 0 radical (unpaired) electrons. The van der Waals surface area contributed by atoms with E-state index in [1.54, 1.807) is 38.3 Å². The van der Waals surface area contributed by atoms with Gasteiger partial charge in [-0.3, -0.25) is 14.9 Å². The number of carbonyl (C=O) groups excluding carboxylic acids is 4. The molecule has 13 nitrogen and oxygen atoms in total. The molecule has 3 aliphatic heterocycles. The Morgan fingerprint density at radius 2 is 2.00 bits per heavy atom. The summed E-state index contributed by atoms with van der Waals surface area (Å²) in [7, 11) is 5.92. The Labute approximate surface area is 273 Å². The van der Waals surface area contributed by atoms with E-state index in [4.69, 9.17) is 35.3 Å². The predicted molar refractivity (Wildman–Crippen MR) is 167 cm³/mol. The van der Waals surface area contributed by atoms with E-state index in [0.29, 0.717) is 24.3 Å². The third kappa shape index (κ3) is 7.65. The van der Waals surface area contributed by atoms with Crippen molar-refractivity contribution in [3.63, 3.8) is 0 Å². The van der Waals surface area contributed by atoms with Gasteiger partial charge < -0.3 is 38.6 Å². The molecule has 3 aliphatic rings. The van der Waals surface area contributed by atoms with Crippen LogP contribution in [0.15, 0.2) is 35.9 Å². The number of anilines is 1. The average molecular weight is 664 g/mol. The number of alkyl carbamates (subject to hydrolysis) is 1. The van der Waals surface area contributed by atoms with Crippen molar-refractivity contribution < 1.29 is 48.0 Å². The van der Waals surface area contributed by atoms with Crippen molar-refractivity contribution >= 4 is 41.7 Å². The first-order valence-electron chi connectivity index (χ1n) is 15.0. The number of likely N-dealkylation sites (N-methyl/N-ethyl adjacent to an activating group) is 1. The minimum absolute atomic E-state index is 0.0323. The lowest BCUT2D eigenvalue weighted by Gasteiger charge is -2.41. The number of nitrogens with zero attached hydrogens (tertiary/aromatic N) is 2. The Balaban J connectivity index is 1.76. The Morgan fingerprint density at radius 3 is 2.65 bits per heavy atom. The summed E-state index contributed by atoms with van der Waals surface area (Å²) < 4.78 is 28.4. The molecule has 3 heterocycles. The Kier molecular flexibility index (Phi) is 11.0. The highest BCUT2D eigenvalue weighted by Crippen LogP contribution is 2.41. The van der Waals surface area contributed by atoms with E-state index in [1.807, 2.05) is 13.0 Å². The lowest BCUT2D eigenvalue weighted by Crippen LogP contribution is -2.63. The molecule has 4 rings (SSSR count). The third-order valence-electron chi connectivity index (χ3n) is 8.79. The summed E-state index contributed by atoms with van der Waals surface area (Å²) >= 11 is 6.67. The summed E-state index contributed by atoms with van der Waals surface area (Å²) in [6.07, 6.45) is 0.963. The molecule has 0 aromatic heterocycles. The lowest BCUT2D eigenvalue weighted by atomic mass is 9.87. The standard InChI is InChI=1S/C32H42ClN3O10/c1-17-9-8-10-25(43-7)32(41)15-24(45-31(40)34-32)18(2)28-29(46-28)23(44-30(39)19(3)35(4)16-37)14-26(38)36(5)21-12-20(11-17)13-22(42-6)27(21)33/h8-10,12-13,16,18-19,23-25,28-29,41H,11,14-15H2,1-7H3,(H,34,40)/b10-8+,17-9+/t18?,19-,23?,24?,25?,28?,29?,32?/m0/s1. The van der Waals surface area contributed by atoms with Gasteiger partial charge in [-0.1, -0.05) is 42.3 Å². The van der Waals surface area contributed by atoms with Crippen LogP contribution >= 0.6 is 11.6 Å². The number of benzene rings is 1. The molecule has 2 saturated heterocycles. The molecule has 7 unspecified atom stereocenters. The molecule has 3 amide bonds. The zero-order valence-electron chi connectivity index (χ0n) is 27.0. The fourth-order valence-electron chi connectivity index (χ4n) is 5.73. The van der Waals surface area contributed by atoms with Crippen LogP contribution in [0.2, 0.25) is 5.02 Å². The molecule has 252 valence electrons. The number of rotatable bonds is 6. The SMILES string of the molecule is COc1cc2cc(c1Cl)N(C)C(=O)CC(OC(=O)[C@H](C)N(C)C=O)C1OC1C(C)C1CC(O)(NC(=O)O1)C(OC)/C=C/C=C(\C)C2. The van der Waals surface area contributed by atoms with Crippen LogP contribution in [0.3, 0.4) is 0 Å². The van der Waals surface area contributed by atoms with Gasteiger partial charge in [-0.15, -0.1) is 0 Å². The number of nitrogens with one attached hydrogen (secondary N) is 1. The fourth-order valence-corrected chi connectivity index (χ4v) is 6.05. The molecule has 0 spiro atoms. The molecule has 46 heavy (non-hydrogen) atoms. The van der Waals surface area contributed by atoms with E-state index < -0.39 is 66.2 Å². The quantitative estimate of drug-likeness (QED) is 0.264. The summed E-state index contributed by atoms with van der Waals surface area (Å²) in [4.78, 5) is 53.3. The molecular weight excluding hydrogens is 622 g/mol. The Bertz CT molecular complexity index is 1400. The number of epoxide rings is 1. The van der Waals surface area contributed by atoms with Crippen molar-refractivity contribution in [2.45, 2.75) is 82.3 Å². The van der Waals surface area contributed by atoms with Crippen molar-refractivity contribution in [2.24, 2.45) is 5.92 Å². The molecule has 14 heteroatoms. The fraction of sp³-hybridized carbons (Fsp3) is 0.562. The molecule has 4 bridgehead atoms. The van der Waals surface area contributed by atoms with Gasteiger partial charge in [0.15, 0.2) is 5.72 Å². The van der Waals surface area contributed by atoms with Gasteiger partial charge in [0.05, 0.1) is 25.3 Å². The van der Waals surface area contributed by atoms with Gasteiger partial charge in [-0.2, -0.15) is 0 Å². The molecule has 0 saturated carbocycles. The number of esters is 1. The summed E-state index contributed by atoms with van der Waals surface area (Å²) in [6.45, 7) is 5.21. The smallest absolute Gasteiger partial charge is 0.409 e. The number of halogens is 1. The second kappa shape index (κ2) is 14.4. The maximum Gasteiger partial charge on any atom is 0.409 e. The van der Waals surface area contributed by atoms with Crippen molar-refractivity contribution in [1.82, 2.24) is 10.2 Å². The minimum Gasteiger partial charge on any atom is -0.495 e. The summed E-state index contributed by atoms with van der Waals surface area (Å²) in [5.41, 5.74) is 0.343. The first-order valence-corrected chi connectivity index (χ1v) is 15.3. The number of amides is 3. The van der Waals surface area contributed by atoms with E-state index in [0.717, 1.165) is 16.0 Å². The van der Waals surface area contributed by atoms with E-state index in [9.17, 15) is 24.3 Å². The summed E-state index contributed by atoms with van der Waals surface area (Å²) in [5, 5.41) is 14.3. The van der Waals surface area contributed by atoms with Gasteiger partial charge in [0.1, 0.15) is 41.2 Å². The van der Waals surface area contributed by atoms with Crippen LogP contribution in [-0.2, 0) is 39.8 Å². The largest absolute Gasteiger partial charge is 0.495 e. The monoisotopic (exact) mass is 663 g/mol. The summed E-state index contributed by atoms with van der Waals surface area (Å²) in [6, 6.07) is 2.64. The van der Waals surface area contributed by atoms with Crippen molar-refractivity contribution in [1.29, 1.82) is 0 Å². The number of ether oxygens (including phenoxy) is 5. The molecular formula is C32H42ClN3O10. The van der Waals surface area contributed by atoms with Gasteiger partial charge in [-0.25, -0.2) is 9.59 Å². The van der Waals surface area contributed by atoms with E-state index in [2.05, 4.69) is 5.32 Å². The first kappa shape index (κ1) is 35.2. The van der Waals surface area contributed by atoms with Crippen molar-refractivity contribution in [3.05, 3.63) is 46.5 Å². The van der Waals surface area contributed by atoms with Crippen molar-refractivity contribution in [3.8, 4) is 5.75 Å². The number of aliphatic hydroxyl groups is 1. The van der Waals surface area contributed by atoms with Crippen LogP contribution < -0.4 is 15.0 Å². The highest BCUT2D eigenvalue weighted by atomic mass is 35.5. The first-order chi connectivity index (χ1) is 21.7. The lowest BCUT2D eigenvalue weighted by molar-refractivity contribution is -0.157. The van der Waals surface area contributed by atoms with Gasteiger partial charge >= 0.3 is 12.1 Å². The maximum absolute atomic E-state index is 13.8. The van der Waals surface area contributed by atoms with E-state index in [1.165, 1.54) is 33.1 Å². The average Bonchev–Trinajstić information content (AvgIpc) is 3.82. The molecule has 2 fully saturated rings. The van der Waals surface area contributed by atoms with Crippen LogP contribution in [0.4, 0.5) is 10.5 Å². The van der Waals surface area contributed by atoms with Crippen LogP contribution in [-0.4, -0.2) is 105 Å². The Hall–Kier alpha value is -3.65. The second-order valence-corrected chi connectivity index (χ2v) is 12.4. The van der Waals surface area contributed by atoms with Gasteiger partial charge in [-0.05, 0) is 38.0 Å². The highest BCUT2D eigenvalue weighted by molar-refractivity contribution is 6.35. The second-order valence-electron chi connectivity index (χ2n) is 12.1. The van der Waals surface area contributed by atoms with Gasteiger partial charge in [0, 0.05) is 33.5 Å². The molecule has 2 N–H and O–H groups in total. The van der Waals surface area contributed by atoms with Crippen LogP contribution in [0.25, 0.3) is 0 Å².